The Morgan fingerprint density at radius 1 is 0.609 bits per heavy atom. The molecule has 6 rings (SSSR count). The van der Waals surface area contributed by atoms with Crippen LogP contribution in [0.5, 0.6) is 0 Å². The standard InChI is InChI=1S/C33H26N8O5/c1-19-15-31(23-17-21(34)11-13-25(23)36-19)39(32-16-20(2)37-26-14-12-22(35)18-24(26)32)33(42)38(27-7-3-5-9-29(27)40(43)44)28-8-4-6-10-30(28)41(45)46/h3-18H,34-35H2,1-2H3. The summed E-state index contributed by atoms with van der Waals surface area (Å²) < 4.78 is 0. The maximum Gasteiger partial charge on any atom is 0.338 e. The number of hydrogen-bond acceptors (Lipinski definition) is 9. The summed E-state index contributed by atoms with van der Waals surface area (Å²) in [6, 6.07) is 23.8. The lowest BCUT2D eigenvalue weighted by molar-refractivity contribution is -0.384. The Hall–Kier alpha value is -6.63. The molecule has 4 aromatic carbocycles. The first-order valence-corrected chi connectivity index (χ1v) is 14.0. The number of anilines is 6. The Balaban J connectivity index is 1.76. The minimum atomic E-state index is -0.854. The first-order valence-electron chi connectivity index (χ1n) is 14.0. The maximum absolute atomic E-state index is 15.4. The first-order chi connectivity index (χ1) is 22.0. The number of urea groups is 1. The molecular formula is C33H26N8O5. The fraction of sp³-hybridized carbons (Fsp3) is 0.0606. The van der Waals surface area contributed by atoms with Crippen LogP contribution in [0.15, 0.2) is 97.1 Å². The molecule has 13 heteroatoms. The molecule has 46 heavy (non-hydrogen) atoms. The summed E-state index contributed by atoms with van der Waals surface area (Å²) >= 11 is 0. The molecule has 2 aromatic heterocycles. The Morgan fingerprint density at radius 2 is 1.00 bits per heavy atom. The quantitative estimate of drug-likeness (QED) is 0.109. The molecular weight excluding hydrogens is 588 g/mol. The largest absolute Gasteiger partial charge is 0.399 e. The van der Waals surface area contributed by atoms with E-state index in [4.69, 9.17) is 11.5 Å². The van der Waals surface area contributed by atoms with Crippen molar-refractivity contribution in [3.63, 3.8) is 0 Å². The first kappa shape index (κ1) is 29.4. The third-order valence-electron chi connectivity index (χ3n) is 7.38. The van der Waals surface area contributed by atoms with Crippen LogP contribution in [0.25, 0.3) is 21.8 Å². The Kier molecular flexibility index (Phi) is 7.34. The van der Waals surface area contributed by atoms with Crippen molar-refractivity contribution in [2.24, 2.45) is 0 Å². The second kappa shape index (κ2) is 11.5. The number of nitrogen functional groups attached to an aromatic ring is 2. The number of nitro groups is 2. The number of aromatic nitrogens is 2. The van der Waals surface area contributed by atoms with Gasteiger partial charge in [0.1, 0.15) is 11.4 Å². The molecule has 13 nitrogen and oxygen atoms in total. The number of hydrogen-bond donors (Lipinski definition) is 2. The Labute approximate surface area is 261 Å². The van der Waals surface area contributed by atoms with Crippen molar-refractivity contribution in [3.8, 4) is 0 Å². The minimum Gasteiger partial charge on any atom is -0.399 e. The van der Waals surface area contributed by atoms with Crippen LogP contribution in [-0.2, 0) is 0 Å². The number of nitrogens with two attached hydrogens (primary N) is 2. The van der Waals surface area contributed by atoms with Gasteiger partial charge >= 0.3 is 6.03 Å². The van der Waals surface area contributed by atoms with Crippen molar-refractivity contribution >= 4 is 73.3 Å². The number of amides is 2. The van der Waals surface area contributed by atoms with E-state index in [2.05, 4.69) is 9.97 Å². The summed E-state index contributed by atoms with van der Waals surface area (Å²) in [5.74, 6) is 0. The highest BCUT2D eigenvalue weighted by Crippen LogP contribution is 2.44. The van der Waals surface area contributed by atoms with E-state index in [1.807, 2.05) is 0 Å². The van der Waals surface area contributed by atoms with Gasteiger partial charge in [0, 0.05) is 45.7 Å². The highest BCUT2D eigenvalue weighted by molar-refractivity contribution is 6.20. The molecule has 0 atom stereocenters. The summed E-state index contributed by atoms with van der Waals surface area (Å²) in [5, 5.41) is 25.6. The van der Waals surface area contributed by atoms with Crippen LogP contribution >= 0.6 is 0 Å². The number of fused-ring (bicyclic) bond motifs is 2. The number of aryl methyl sites for hydroxylation is 2. The number of nitro benzene ring substituents is 2. The second-order valence-corrected chi connectivity index (χ2v) is 10.6. The van der Waals surface area contributed by atoms with Crippen LogP contribution in [-0.4, -0.2) is 25.8 Å². The number of pyridine rings is 2. The molecule has 2 heterocycles. The molecule has 0 fully saturated rings. The summed E-state index contributed by atoms with van der Waals surface area (Å²) in [6.45, 7) is 3.52. The van der Waals surface area contributed by atoms with Crippen molar-refractivity contribution in [2.75, 3.05) is 21.3 Å². The number of benzene rings is 4. The van der Waals surface area contributed by atoms with Crippen molar-refractivity contribution < 1.29 is 14.6 Å². The zero-order valence-electron chi connectivity index (χ0n) is 24.6. The van der Waals surface area contributed by atoms with Gasteiger partial charge in [0.05, 0.1) is 32.3 Å². The van der Waals surface area contributed by atoms with Crippen LogP contribution in [0.1, 0.15) is 11.4 Å². The number of para-hydroxylation sites is 4. The van der Waals surface area contributed by atoms with Crippen LogP contribution < -0.4 is 21.3 Å². The van der Waals surface area contributed by atoms with Gasteiger partial charge in [0.15, 0.2) is 0 Å². The topological polar surface area (TPSA) is 188 Å². The fourth-order valence-electron chi connectivity index (χ4n) is 5.47. The van der Waals surface area contributed by atoms with E-state index in [-0.39, 0.29) is 11.4 Å². The molecule has 0 aliphatic carbocycles. The zero-order valence-corrected chi connectivity index (χ0v) is 24.6. The van der Waals surface area contributed by atoms with Crippen LogP contribution in [0.2, 0.25) is 0 Å². The Morgan fingerprint density at radius 3 is 1.41 bits per heavy atom. The van der Waals surface area contributed by atoms with Gasteiger partial charge in [0.2, 0.25) is 0 Å². The molecule has 0 unspecified atom stereocenters. The molecule has 2 amide bonds. The normalized spacial score (nSPS) is 11.0. The smallest absolute Gasteiger partial charge is 0.338 e. The van der Waals surface area contributed by atoms with Gasteiger partial charge in [-0.1, -0.05) is 24.3 Å². The average Bonchev–Trinajstić information content (AvgIpc) is 3.02. The van der Waals surface area contributed by atoms with Crippen LogP contribution in [0.4, 0.5) is 50.3 Å². The average molecular weight is 615 g/mol. The molecule has 0 radical (unpaired) electrons. The molecule has 0 aliphatic rings. The van der Waals surface area contributed by atoms with E-state index in [9.17, 15) is 20.2 Å². The van der Waals surface area contributed by atoms with E-state index in [1.165, 1.54) is 53.4 Å². The third kappa shape index (κ3) is 5.21. The van der Waals surface area contributed by atoms with Gasteiger partial charge in [0.25, 0.3) is 11.4 Å². The van der Waals surface area contributed by atoms with Gasteiger partial charge in [-0.05, 0) is 74.5 Å². The van der Waals surface area contributed by atoms with Crippen molar-refractivity contribution in [2.45, 2.75) is 13.8 Å². The minimum absolute atomic E-state index is 0.180. The summed E-state index contributed by atoms with van der Waals surface area (Å²) in [5.41, 5.74) is 14.8. The van der Waals surface area contributed by atoms with Crippen molar-refractivity contribution in [1.29, 1.82) is 0 Å². The van der Waals surface area contributed by atoms with Crippen LogP contribution in [0, 0.1) is 34.1 Å². The van der Waals surface area contributed by atoms with E-state index < -0.39 is 27.3 Å². The van der Waals surface area contributed by atoms with Gasteiger partial charge in [-0.25, -0.2) is 9.69 Å². The van der Waals surface area contributed by atoms with Crippen molar-refractivity contribution in [3.05, 3.63) is 129 Å². The van der Waals surface area contributed by atoms with E-state index >= 15 is 4.79 Å². The molecule has 0 aliphatic heterocycles. The predicted octanol–water partition coefficient (Wildman–Crippen LogP) is 7.48. The number of nitrogens with zero attached hydrogens (tertiary/aromatic N) is 6. The molecule has 0 saturated heterocycles. The summed E-state index contributed by atoms with van der Waals surface area (Å²) in [6.07, 6.45) is 0. The molecule has 0 bridgehead atoms. The number of carbonyl (C=O) groups is 1. The van der Waals surface area contributed by atoms with E-state index in [1.54, 1.807) is 62.4 Å². The second-order valence-electron chi connectivity index (χ2n) is 10.6. The SMILES string of the molecule is Cc1cc(N(C(=O)N(c2ccccc2[N+](=O)[O-])c2ccccc2[N+](=O)[O-])c2cc(C)nc3ccc(N)cc23)c2cc(N)ccc2n1. The van der Waals surface area contributed by atoms with E-state index in [0.29, 0.717) is 55.9 Å². The molecule has 228 valence electrons. The van der Waals surface area contributed by atoms with Gasteiger partial charge in [-0.2, -0.15) is 0 Å². The van der Waals surface area contributed by atoms with Gasteiger partial charge in [-0.3, -0.25) is 35.1 Å². The van der Waals surface area contributed by atoms with Gasteiger partial charge in [-0.15, -0.1) is 0 Å². The van der Waals surface area contributed by atoms with Crippen molar-refractivity contribution in [1.82, 2.24) is 9.97 Å². The highest BCUT2D eigenvalue weighted by Gasteiger charge is 2.36. The predicted molar refractivity (Wildman–Crippen MR) is 178 cm³/mol. The number of rotatable bonds is 6. The zero-order chi connectivity index (χ0) is 32.7. The highest BCUT2D eigenvalue weighted by atomic mass is 16.6. The Bertz CT molecular complexity index is 2070. The lowest BCUT2D eigenvalue weighted by Crippen LogP contribution is -2.39. The van der Waals surface area contributed by atoms with E-state index in [0.717, 1.165) is 4.90 Å². The van der Waals surface area contributed by atoms with Crippen LogP contribution in [0.3, 0.4) is 0 Å². The lowest BCUT2D eigenvalue weighted by Gasteiger charge is -2.32. The third-order valence-corrected chi connectivity index (χ3v) is 7.38. The fourth-order valence-corrected chi connectivity index (χ4v) is 5.47. The lowest BCUT2D eigenvalue weighted by atomic mass is 10.1. The monoisotopic (exact) mass is 614 g/mol. The molecule has 4 N–H and O–H groups in total. The molecule has 6 aromatic rings. The maximum atomic E-state index is 15.4. The molecule has 0 spiro atoms. The molecule has 0 saturated carbocycles. The summed E-state index contributed by atoms with van der Waals surface area (Å²) in [7, 11) is 0. The van der Waals surface area contributed by atoms with Gasteiger partial charge < -0.3 is 11.5 Å². The summed E-state index contributed by atoms with van der Waals surface area (Å²) in [4.78, 5) is 50.3. The number of carbonyl (C=O) groups excluding carboxylic acids is 1.